The summed E-state index contributed by atoms with van der Waals surface area (Å²) in [7, 11) is 0. The van der Waals surface area contributed by atoms with Gasteiger partial charge in [-0.05, 0) is 13.0 Å². The molecule has 3 nitrogen and oxygen atoms in total. The van der Waals surface area contributed by atoms with Gasteiger partial charge in [0.25, 0.3) is 0 Å². The molecule has 1 saturated heterocycles. The van der Waals surface area contributed by atoms with Crippen molar-refractivity contribution in [1.29, 1.82) is 0 Å². The minimum atomic E-state index is -2.14. The fourth-order valence-electron chi connectivity index (χ4n) is 2.56. The molecule has 2 rings (SSSR count). The number of hydrogen-bond donors (Lipinski definition) is 0. The average molecular weight is 335 g/mol. The highest BCUT2D eigenvalue weighted by Gasteiger charge is 2.27. The van der Waals surface area contributed by atoms with E-state index in [2.05, 4.69) is 4.90 Å². The molecule has 0 amide bonds. The van der Waals surface area contributed by atoms with Gasteiger partial charge in [-0.2, -0.15) is 0 Å². The van der Waals surface area contributed by atoms with E-state index in [-0.39, 0.29) is 6.54 Å². The van der Waals surface area contributed by atoms with Gasteiger partial charge in [0.1, 0.15) is 0 Å². The summed E-state index contributed by atoms with van der Waals surface area (Å²) in [5.41, 5.74) is -0.801. The zero-order valence-corrected chi connectivity index (χ0v) is 12.3. The SMILES string of the molecule is O=[C]CCCN1CCN(Cc2c(F)c(F)c(F)c(F)c2F)CC1. The summed E-state index contributed by atoms with van der Waals surface area (Å²) in [5, 5.41) is 0. The van der Waals surface area contributed by atoms with Gasteiger partial charge in [0.2, 0.25) is 5.82 Å². The Bertz CT molecular complexity index is 544. The van der Waals surface area contributed by atoms with E-state index in [0.717, 1.165) is 0 Å². The summed E-state index contributed by atoms with van der Waals surface area (Å²) in [5.74, 6) is -9.51. The summed E-state index contributed by atoms with van der Waals surface area (Å²) >= 11 is 0. The summed E-state index contributed by atoms with van der Waals surface area (Å²) < 4.78 is 66.6. The highest BCUT2D eigenvalue weighted by molar-refractivity contribution is 5.50. The highest BCUT2D eigenvalue weighted by atomic mass is 19.2. The fraction of sp³-hybridized carbons (Fsp3) is 0.533. The predicted molar refractivity (Wildman–Crippen MR) is 72.9 cm³/mol. The van der Waals surface area contributed by atoms with Gasteiger partial charge in [-0.15, -0.1) is 0 Å². The van der Waals surface area contributed by atoms with Gasteiger partial charge in [0, 0.05) is 44.7 Å². The van der Waals surface area contributed by atoms with Crippen LogP contribution in [0.3, 0.4) is 0 Å². The third-order valence-electron chi connectivity index (χ3n) is 3.90. The van der Waals surface area contributed by atoms with Crippen LogP contribution < -0.4 is 0 Å². The molecule has 0 aromatic heterocycles. The molecule has 23 heavy (non-hydrogen) atoms. The molecular weight excluding hydrogens is 319 g/mol. The Morgan fingerprint density at radius 3 is 1.78 bits per heavy atom. The van der Waals surface area contributed by atoms with E-state index in [1.54, 1.807) is 11.2 Å². The average Bonchev–Trinajstić information content (AvgIpc) is 2.57. The van der Waals surface area contributed by atoms with Crippen molar-refractivity contribution in [1.82, 2.24) is 9.80 Å². The van der Waals surface area contributed by atoms with Crippen LogP contribution in [-0.2, 0) is 11.3 Å². The van der Waals surface area contributed by atoms with E-state index >= 15 is 0 Å². The Morgan fingerprint density at radius 1 is 0.783 bits per heavy atom. The van der Waals surface area contributed by atoms with Crippen molar-refractivity contribution in [3.05, 3.63) is 34.6 Å². The Morgan fingerprint density at radius 2 is 1.26 bits per heavy atom. The molecule has 1 aliphatic rings. The maximum Gasteiger partial charge on any atom is 0.200 e. The zero-order chi connectivity index (χ0) is 17.0. The lowest BCUT2D eigenvalue weighted by molar-refractivity contribution is 0.124. The molecule has 0 bridgehead atoms. The van der Waals surface area contributed by atoms with Gasteiger partial charge >= 0.3 is 0 Å². The molecule has 1 aromatic carbocycles. The van der Waals surface area contributed by atoms with E-state index in [9.17, 15) is 26.7 Å². The number of nitrogens with zero attached hydrogens (tertiary/aromatic N) is 2. The van der Waals surface area contributed by atoms with Gasteiger partial charge in [-0.25, -0.2) is 22.0 Å². The topological polar surface area (TPSA) is 23.6 Å². The Kier molecular flexibility index (Phi) is 6.06. The number of benzene rings is 1. The number of piperazine rings is 1. The maximum absolute atomic E-state index is 13.6. The molecule has 1 radical (unpaired) electrons. The van der Waals surface area contributed by atoms with Crippen molar-refractivity contribution in [2.24, 2.45) is 0 Å². The first kappa shape index (κ1) is 17.8. The van der Waals surface area contributed by atoms with Crippen LogP contribution in [0.25, 0.3) is 0 Å². The second-order valence-electron chi connectivity index (χ2n) is 5.41. The van der Waals surface area contributed by atoms with Gasteiger partial charge in [0.05, 0.1) is 0 Å². The van der Waals surface area contributed by atoms with E-state index in [1.807, 2.05) is 0 Å². The molecular formula is C15H16F5N2O. The van der Waals surface area contributed by atoms with Crippen molar-refractivity contribution < 1.29 is 26.7 Å². The first-order valence-electron chi connectivity index (χ1n) is 7.25. The molecule has 1 aromatic rings. The van der Waals surface area contributed by atoms with Gasteiger partial charge in [-0.1, -0.05) is 0 Å². The Hall–Kier alpha value is -1.54. The van der Waals surface area contributed by atoms with Crippen molar-refractivity contribution in [2.45, 2.75) is 19.4 Å². The standard InChI is InChI=1S/C15H16F5N2O/c16-11-10(12(17)14(19)15(20)13(11)18)9-22-6-4-21(5-7-22)3-1-2-8-23/h1-7,9H2. The Labute approximate surface area is 130 Å². The molecule has 0 aliphatic carbocycles. The molecule has 1 aliphatic heterocycles. The van der Waals surface area contributed by atoms with Crippen molar-refractivity contribution in [3.8, 4) is 0 Å². The largest absolute Gasteiger partial charge is 0.301 e. The molecule has 1 heterocycles. The molecule has 0 saturated carbocycles. The second kappa shape index (κ2) is 7.83. The summed E-state index contributed by atoms with van der Waals surface area (Å²) in [6, 6.07) is 0. The van der Waals surface area contributed by atoms with Crippen LogP contribution in [0.5, 0.6) is 0 Å². The minimum Gasteiger partial charge on any atom is -0.301 e. The molecule has 0 atom stereocenters. The first-order valence-corrected chi connectivity index (χ1v) is 7.25. The summed E-state index contributed by atoms with van der Waals surface area (Å²) in [6.45, 7) is 2.49. The third-order valence-corrected chi connectivity index (χ3v) is 3.90. The smallest absolute Gasteiger partial charge is 0.200 e. The van der Waals surface area contributed by atoms with E-state index in [0.29, 0.717) is 45.6 Å². The number of rotatable bonds is 6. The van der Waals surface area contributed by atoms with Crippen LogP contribution in [0.1, 0.15) is 18.4 Å². The van der Waals surface area contributed by atoms with Gasteiger partial charge < -0.3 is 4.90 Å². The quantitative estimate of drug-likeness (QED) is 0.345. The van der Waals surface area contributed by atoms with Crippen molar-refractivity contribution >= 4 is 6.29 Å². The Balaban J connectivity index is 1.98. The number of unbranched alkanes of at least 4 members (excludes halogenated alkanes) is 1. The number of carbonyl (C=O) groups excluding carboxylic acids is 1. The lowest BCUT2D eigenvalue weighted by Gasteiger charge is -2.34. The second-order valence-corrected chi connectivity index (χ2v) is 5.41. The maximum atomic E-state index is 13.6. The minimum absolute atomic E-state index is 0.332. The van der Waals surface area contributed by atoms with E-state index in [4.69, 9.17) is 0 Å². The van der Waals surface area contributed by atoms with Crippen molar-refractivity contribution in [2.75, 3.05) is 32.7 Å². The van der Waals surface area contributed by atoms with Crippen LogP contribution in [0.4, 0.5) is 22.0 Å². The normalized spacial score (nSPS) is 16.7. The summed E-state index contributed by atoms with van der Waals surface area (Å²) in [6.07, 6.45) is 2.84. The van der Waals surface area contributed by atoms with Crippen LogP contribution in [0.2, 0.25) is 0 Å². The van der Waals surface area contributed by atoms with E-state index < -0.39 is 34.6 Å². The highest BCUT2D eigenvalue weighted by Crippen LogP contribution is 2.24. The molecule has 0 spiro atoms. The monoisotopic (exact) mass is 335 g/mol. The van der Waals surface area contributed by atoms with Crippen LogP contribution >= 0.6 is 0 Å². The zero-order valence-electron chi connectivity index (χ0n) is 12.3. The summed E-state index contributed by atoms with van der Waals surface area (Å²) in [4.78, 5) is 13.8. The number of hydrogen-bond acceptors (Lipinski definition) is 3. The number of halogens is 5. The van der Waals surface area contributed by atoms with Crippen LogP contribution in [0.15, 0.2) is 0 Å². The lowest BCUT2D eigenvalue weighted by Crippen LogP contribution is -2.46. The molecule has 1 fully saturated rings. The molecule has 127 valence electrons. The fourth-order valence-corrected chi connectivity index (χ4v) is 2.56. The first-order chi connectivity index (χ1) is 11.0. The lowest BCUT2D eigenvalue weighted by atomic mass is 10.1. The predicted octanol–water partition coefficient (Wildman–Crippen LogP) is 2.39. The van der Waals surface area contributed by atoms with Gasteiger partial charge in [0.15, 0.2) is 29.6 Å². The van der Waals surface area contributed by atoms with Crippen LogP contribution in [0, 0.1) is 29.1 Å². The molecule has 0 unspecified atom stereocenters. The molecule has 8 heteroatoms. The van der Waals surface area contributed by atoms with Crippen molar-refractivity contribution in [3.63, 3.8) is 0 Å². The van der Waals surface area contributed by atoms with E-state index in [1.165, 1.54) is 0 Å². The van der Waals surface area contributed by atoms with Crippen LogP contribution in [-0.4, -0.2) is 48.8 Å². The molecule has 0 N–H and O–H groups in total. The third kappa shape index (κ3) is 4.06. The van der Waals surface area contributed by atoms with Gasteiger partial charge in [-0.3, -0.25) is 9.69 Å².